The maximum absolute atomic E-state index is 13.5. The summed E-state index contributed by atoms with van der Waals surface area (Å²) in [5, 5.41) is 7.68. The van der Waals surface area contributed by atoms with Crippen LogP contribution in [0.5, 0.6) is 0 Å². The Labute approximate surface area is 105 Å². The molecule has 0 N–H and O–H groups in total. The maximum Gasteiger partial charge on any atom is 0.129 e. The van der Waals surface area contributed by atoms with E-state index in [0.29, 0.717) is 28.2 Å². The fourth-order valence-corrected chi connectivity index (χ4v) is 1.76. The number of halogens is 3. The standard InChI is InChI=1S/C10H8BrClFN3/c11-8-2-1-7(10(13)3-8)5-16-6-9(4-12)14-15-16/h1-3,6H,4-5H2. The second-order valence-electron chi connectivity index (χ2n) is 3.28. The average molecular weight is 305 g/mol. The molecule has 1 heterocycles. The van der Waals surface area contributed by atoms with Crippen LogP contribution in [0.2, 0.25) is 0 Å². The molecule has 2 rings (SSSR count). The smallest absolute Gasteiger partial charge is 0.129 e. The molecule has 0 aliphatic heterocycles. The second kappa shape index (κ2) is 4.93. The number of rotatable bonds is 3. The normalized spacial score (nSPS) is 10.7. The van der Waals surface area contributed by atoms with Crippen LogP contribution >= 0.6 is 27.5 Å². The molecule has 0 radical (unpaired) electrons. The van der Waals surface area contributed by atoms with E-state index in [1.807, 2.05) is 0 Å². The molecule has 0 fully saturated rings. The summed E-state index contributed by atoms with van der Waals surface area (Å²) in [6.45, 7) is 0.350. The predicted molar refractivity (Wildman–Crippen MR) is 62.8 cm³/mol. The molecule has 0 unspecified atom stereocenters. The first-order valence-corrected chi connectivity index (χ1v) is 5.90. The molecule has 84 valence electrons. The summed E-state index contributed by atoms with van der Waals surface area (Å²) < 4.78 is 15.8. The quantitative estimate of drug-likeness (QED) is 0.816. The SMILES string of the molecule is Fc1cc(Br)ccc1Cn1cc(CCl)nn1. The summed E-state index contributed by atoms with van der Waals surface area (Å²) in [5.41, 5.74) is 1.24. The lowest BCUT2D eigenvalue weighted by atomic mass is 10.2. The van der Waals surface area contributed by atoms with Gasteiger partial charge >= 0.3 is 0 Å². The summed E-state index contributed by atoms with van der Waals surface area (Å²) in [5.74, 6) is 0.0420. The van der Waals surface area contributed by atoms with Crippen molar-refractivity contribution < 1.29 is 4.39 Å². The zero-order valence-electron chi connectivity index (χ0n) is 8.20. The highest BCUT2D eigenvalue weighted by Gasteiger charge is 2.05. The van der Waals surface area contributed by atoms with Gasteiger partial charge in [0.25, 0.3) is 0 Å². The third-order valence-corrected chi connectivity index (χ3v) is 2.84. The largest absolute Gasteiger partial charge is 0.248 e. The van der Waals surface area contributed by atoms with E-state index in [4.69, 9.17) is 11.6 Å². The predicted octanol–water partition coefficient (Wildman–Crippen LogP) is 2.97. The summed E-state index contributed by atoms with van der Waals surface area (Å²) in [6.07, 6.45) is 1.70. The molecule has 3 nitrogen and oxygen atoms in total. The van der Waals surface area contributed by atoms with Crippen molar-refractivity contribution in [3.8, 4) is 0 Å². The van der Waals surface area contributed by atoms with Gasteiger partial charge in [-0.1, -0.05) is 27.2 Å². The van der Waals surface area contributed by atoms with E-state index in [0.717, 1.165) is 0 Å². The van der Waals surface area contributed by atoms with Crippen molar-refractivity contribution in [1.29, 1.82) is 0 Å². The highest BCUT2D eigenvalue weighted by molar-refractivity contribution is 9.10. The summed E-state index contributed by atoms with van der Waals surface area (Å²) >= 11 is 8.80. The van der Waals surface area contributed by atoms with E-state index in [1.165, 1.54) is 6.07 Å². The van der Waals surface area contributed by atoms with E-state index in [1.54, 1.807) is 23.0 Å². The van der Waals surface area contributed by atoms with Crippen LogP contribution in [-0.4, -0.2) is 15.0 Å². The lowest BCUT2D eigenvalue weighted by Gasteiger charge is -2.02. The molecule has 1 aromatic carbocycles. The third kappa shape index (κ3) is 2.59. The first kappa shape index (κ1) is 11.5. The molecule has 0 aliphatic rings. The topological polar surface area (TPSA) is 30.7 Å². The first-order valence-electron chi connectivity index (χ1n) is 4.58. The molecule has 0 bridgehead atoms. The van der Waals surface area contributed by atoms with Gasteiger partial charge in [0, 0.05) is 10.0 Å². The highest BCUT2D eigenvalue weighted by Crippen LogP contribution is 2.16. The van der Waals surface area contributed by atoms with Crippen molar-refractivity contribution in [2.75, 3.05) is 0 Å². The van der Waals surface area contributed by atoms with Crippen molar-refractivity contribution in [2.45, 2.75) is 12.4 Å². The summed E-state index contributed by atoms with van der Waals surface area (Å²) in [4.78, 5) is 0. The van der Waals surface area contributed by atoms with Gasteiger partial charge in [0.1, 0.15) is 5.82 Å². The molecular weight excluding hydrogens is 296 g/mol. The fourth-order valence-electron chi connectivity index (χ4n) is 1.30. The van der Waals surface area contributed by atoms with Crippen molar-refractivity contribution in [2.24, 2.45) is 0 Å². The van der Waals surface area contributed by atoms with Crippen molar-refractivity contribution in [1.82, 2.24) is 15.0 Å². The van der Waals surface area contributed by atoms with Crippen LogP contribution in [0, 0.1) is 5.82 Å². The van der Waals surface area contributed by atoms with Crippen LogP contribution in [0.15, 0.2) is 28.9 Å². The van der Waals surface area contributed by atoms with Gasteiger partial charge in [0.15, 0.2) is 0 Å². The van der Waals surface area contributed by atoms with Crippen LogP contribution in [0.25, 0.3) is 0 Å². The van der Waals surface area contributed by atoms with Crippen molar-refractivity contribution >= 4 is 27.5 Å². The average Bonchev–Trinajstić information content (AvgIpc) is 2.70. The van der Waals surface area contributed by atoms with E-state index >= 15 is 0 Å². The fraction of sp³-hybridized carbons (Fsp3) is 0.200. The molecule has 16 heavy (non-hydrogen) atoms. The Balaban J connectivity index is 2.20. The molecule has 0 saturated carbocycles. The van der Waals surface area contributed by atoms with Crippen molar-refractivity contribution in [3.63, 3.8) is 0 Å². The molecule has 0 aliphatic carbocycles. The minimum atomic E-state index is -0.266. The van der Waals surface area contributed by atoms with E-state index in [9.17, 15) is 4.39 Å². The lowest BCUT2D eigenvalue weighted by Crippen LogP contribution is -2.02. The lowest BCUT2D eigenvalue weighted by molar-refractivity contribution is 0.576. The number of alkyl halides is 1. The minimum absolute atomic E-state index is 0.266. The van der Waals surface area contributed by atoms with E-state index in [2.05, 4.69) is 26.2 Å². The number of hydrogen-bond acceptors (Lipinski definition) is 2. The molecule has 0 amide bonds. The molecular formula is C10H8BrClFN3. The Bertz CT molecular complexity index is 501. The number of benzene rings is 1. The molecule has 1 aromatic heterocycles. The number of aromatic nitrogens is 3. The highest BCUT2D eigenvalue weighted by atomic mass is 79.9. The second-order valence-corrected chi connectivity index (χ2v) is 4.46. The Morgan fingerprint density at radius 3 is 2.88 bits per heavy atom. The minimum Gasteiger partial charge on any atom is -0.248 e. The van der Waals surface area contributed by atoms with Crippen LogP contribution in [0.4, 0.5) is 4.39 Å². The van der Waals surface area contributed by atoms with Gasteiger partial charge in [-0.25, -0.2) is 9.07 Å². The third-order valence-electron chi connectivity index (χ3n) is 2.07. The van der Waals surface area contributed by atoms with Crippen LogP contribution in [-0.2, 0) is 12.4 Å². The molecule has 6 heteroatoms. The summed E-state index contributed by atoms with van der Waals surface area (Å²) in [7, 11) is 0. The van der Waals surface area contributed by atoms with Crippen LogP contribution < -0.4 is 0 Å². The molecule has 0 atom stereocenters. The van der Waals surface area contributed by atoms with Gasteiger partial charge in [-0.2, -0.15) is 0 Å². The maximum atomic E-state index is 13.5. The van der Waals surface area contributed by atoms with E-state index in [-0.39, 0.29) is 5.82 Å². The Morgan fingerprint density at radius 2 is 2.25 bits per heavy atom. The molecule has 0 spiro atoms. The Hall–Kier alpha value is -0.940. The van der Waals surface area contributed by atoms with Gasteiger partial charge < -0.3 is 0 Å². The zero-order chi connectivity index (χ0) is 11.5. The van der Waals surface area contributed by atoms with Gasteiger partial charge in [-0.15, -0.1) is 16.7 Å². The van der Waals surface area contributed by atoms with Crippen LogP contribution in [0.1, 0.15) is 11.3 Å². The van der Waals surface area contributed by atoms with Gasteiger partial charge in [-0.05, 0) is 12.1 Å². The van der Waals surface area contributed by atoms with Gasteiger partial charge in [0.2, 0.25) is 0 Å². The monoisotopic (exact) mass is 303 g/mol. The van der Waals surface area contributed by atoms with Gasteiger partial charge in [0.05, 0.1) is 24.3 Å². The van der Waals surface area contributed by atoms with Crippen LogP contribution in [0.3, 0.4) is 0 Å². The summed E-state index contributed by atoms with van der Waals surface area (Å²) in [6, 6.07) is 4.92. The van der Waals surface area contributed by atoms with Gasteiger partial charge in [-0.3, -0.25) is 0 Å². The Kier molecular flexibility index (Phi) is 3.56. The number of nitrogens with zero attached hydrogens (tertiary/aromatic N) is 3. The Morgan fingerprint density at radius 1 is 1.44 bits per heavy atom. The molecule has 2 aromatic rings. The van der Waals surface area contributed by atoms with E-state index < -0.39 is 0 Å². The zero-order valence-corrected chi connectivity index (χ0v) is 10.5. The molecule has 0 saturated heterocycles. The number of hydrogen-bond donors (Lipinski definition) is 0. The van der Waals surface area contributed by atoms with Crippen molar-refractivity contribution in [3.05, 3.63) is 45.9 Å². The first-order chi connectivity index (χ1) is 7.69.